The van der Waals surface area contributed by atoms with Crippen LogP contribution in [0.1, 0.15) is 80.1 Å². The molecule has 0 aromatic rings. The van der Waals surface area contributed by atoms with Crippen LogP contribution in [-0.4, -0.2) is 12.7 Å². The predicted molar refractivity (Wildman–Crippen MR) is 84.4 cm³/mol. The van der Waals surface area contributed by atoms with Crippen LogP contribution >= 0.6 is 0 Å². The molecule has 1 aliphatic carbocycles. The first kappa shape index (κ1) is 17.0. The summed E-state index contributed by atoms with van der Waals surface area (Å²) < 4.78 is 5.80. The third kappa shape index (κ3) is 3.97. The number of rotatable bonds is 6. The van der Waals surface area contributed by atoms with Gasteiger partial charge in [0.2, 0.25) is 0 Å². The fourth-order valence-corrected chi connectivity index (χ4v) is 3.83. The summed E-state index contributed by atoms with van der Waals surface area (Å²) in [6.07, 6.45) is 8.35. The van der Waals surface area contributed by atoms with Gasteiger partial charge in [0, 0.05) is 7.11 Å². The molecule has 0 amide bonds. The molecule has 0 bridgehead atoms. The van der Waals surface area contributed by atoms with Crippen molar-refractivity contribution in [1.82, 2.24) is 0 Å². The Balaban J connectivity index is 2.52. The second-order valence-electron chi connectivity index (χ2n) is 8.00. The summed E-state index contributed by atoms with van der Waals surface area (Å²) in [5.74, 6) is 2.58. The number of hydrogen-bond acceptors (Lipinski definition) is 1. The Bertz CT molecular complexity index is 269. The molecule has 3 unspecified atom stereocenters. The van der Waals surface area contributed by atoms with Gasteiger partial charge in [-0.3, -0.25) is 0 Å². The van der Waals surface area contributed by atoms with E-state index < -0.39 is 0 Å². The van der Waals surface area contributed by atoms with Crippen molar-refractivity contribution in [3.8, 4) is 0 Å². The largest absolute Gasteiger partial charge is 0.378 e. The van der Waals surface area contributed by atoms with Crippen LogP contribution in [-0.2, 0) is 4.74 Å². The van der Waals surface area contributed by atoms with E-state index in [1.807, 2.05) is 7.11 Å². The molecule has 0 aliphatic heterocycles. The van der Waals surface area contributed by atoms with Crippen molar-refractivity contribution in [2.45, 2.75) is 85.7 Å². The van der Waals surface area contributed by atoms with E-state index in [9.17, 15) is 0 Å². The van der Waals surface area contributed by atoms with Crippen LogP contribution in [0.25, 0.3) is 0 Å². The quantitative estimate of drug-likeness (QED) is 0.602. The van der Waals surface area contributed by atoms with E-state index in [-0.39, 0.29) is 5.60 Å². The molecule has 114 valence electrons. The van der Waals surface area contributed by atoms with Crippen molar-refractivity contribution in [3.05, 3.63) is 0 Å². The lowest BCUT2D eigenvalue weighted by atomic mass is 9.57. The Hall–Kier alpha value is -0.0400. The molecule has 1 saturated carbocycles. The maximum Gasteiger partial charge on any atom is 0.0678 e. The standard InChI is InChI=1S/C18H36O/c1-14(2)9-8-10-16-11-12-18(6,15(3)13-16)17(4,5)19-7/h14-16H,8-13H2,1-7H3. The summed E-state index contributed by atoms with van der Waals surface area (Å²) in [5.41, 5.74) is 0.325. The minimum atomic E-state index is -0.00464. The summed E-state index contributed by atoms with van der Waals surface area (Å²) in [6, 6.07) is 0. The van der Waals surface area contributed by atoms with E-state index >= 15 is 0 Å². The summed E-state index contributed by atoms with van der Waals surface area (Å²) >= 11 is 0. The van der Waals surface area contributed by atoms with Gasteiger partial charge < -0.3 is 4.74 Å². The topological polar surface area (TPSA) is 9.23 Å². The molecule has 0 N–H and O–H groups in total. The fourth-order valence-electron chi connectivity index (χ4n) is 3.83. The molecule has 1 aliphatic rings. The minimum absolute atomic E-state index is 0.00464. The zero-order valence-corrected chi connectivity index (χ0v) is 14.4. The van der Waals surface area contributed by atoms with Gasteiger partial charge in [-0.1, -0.05) is 47.0 Å². The van der Waals surface area contributed by atoms with Crippen molar-refractivity contribution < 1.29 is 4.74 Å². The predicted octanol–water partition coefficient (Wildman–Crippen LogP) is 5.68. The van der Waals surface area contributed by atoms with Gasteiger partial charge in [-0.05, 0) is 56.3 Å². The first-order valence-corrected chi connectivity index (χ1v) is 8.28. The van der Waals surface area contributed by atoms with Gasteiger partial charge >= 0.3 is 0 Å². The maximum atomic E-state index is 5.80. The zero-order chi connectivity index (χ0) is 14.7. The minimum Gasteiger partial charge on any atom is -0.378 e. The van der Waals surface area contributed by atoms with Gasteiger partial charge in [-0.25, -0.2) is 0 Å². The first-order valence-electron chi connectivity index (χ1n) is 8.28. The van der Waals surface area contributed by atoms with Gasteiger partial charge in [0.15, 0.2) is 0 Å². The highest BCUT2D eigenvalue weighted by Gasteiger charge is 2.47. The molecule has 3 atom stereocenters. The van der Waals surface area contributed by atoms with E-state index in [1.165, 1.54) is 38.5 Å². The van der Waals surface area contributed by atoms with Crippen molar-refractivity contribution >= 4 is 0 Å². The normalized spacial score (nSPS) is 32.8. The summed E-state index contributed by atoms with van der Waals surface area (Å²) in [6.45, 7) is 14.1. The highest BCUT2D eigenvalue weighted by Crippen LogP contribution is 2.51. The molecule has 0 spiro atoms. The van der Waals surface area contributed by atoms with Gasteiger partial charge in [0.05, 0.1) is 5.60 Å². The molecule has 0 radical (unpaired) electrons. The van der Waals surface area contributed by atoms with E-state index in [4.69, 9.17) is 4.74 Å². The van der Waals surface area contributed by atoms with Crippen molar-refractivity contribution in [2.24, 2.45) is 23.2 Å². The molecule has 0 aromatic heterocycles. The average molecular weight is 268 g/mol. The second kappa shape index (κ2) is 6.61. The van der Waals surface area contributed by atoms with Gasteiger partial charge in [0.25, 0.3) is 0 Å². The Morgan fingerprint density at radius 2 is 1.95 bits per heavy atom. The highest BCUT2D eigenvalue weighted by molar-refractivity contribution is 4.98. The zero-order valence-electron chi connectivity index (χ0n) is 14.4. The third-order valence-electron chi connectivity index (χ3n) is 6.13. The smallest absolute Gasteiger partial charge is 0.0678 e. The van der Waals surface area contributed by atoms with Crippen molar-refractivity contribution in [1.29, 1.82) is 0 Å². The number of ether oxygens (including phenoxy) is 1. The molecule has 1 nitrogen and oxygen atoms in total. The fraction of sp³-hybridized carbons (Fsp3) is 1.00. The lowest BCUT2D eigenvalue weighted by molar-refractivity contribution is -0.126. The van der Waals surface area contributed by atoms with Crippen LogP contribution in [0.15, 0.2) is 0 Å². The lowest BCUT2D eigenvalue weighted by Crippen LogP contribution is -2.49. The SMILES string of the molecule is COC(C)(C)C1(C)CCC(CCCC(C)C)CC1C. The van der Waals surface area contributed by atoms with E-state index in [1.54, 1.807) is 0 Å². The molecular formula is C18H36O. The van der Waals surface area contributed by atoms with E-state index in [2.05, 4.69) is 41.5 Å². The lowest BCUT2D eigenvalue weighted by Gasteiger charge is -2.52. The number of methoxy groups -OCH3 is 1. The van der Waals surface area contributed by atoms with Gasteiger partial charge in [-0.2, -0.15) is 0 Å². The van der Waals surface area contributed by atoms with Crippen molar-refractivity contribution in [2.75, 3.05) is 7.11 Å². The Morgan fingerprint density at radius 3 is 2.42 bits per heavy atom. The van der Waals surface area contributed by atoms with Crippen LogP contribution in [0, 0.1) is 23.2 Å². The van der Waals surface area contributed by atoms with Crippen LogP contribution < -0.4 is 0 Å². The molecule has 1 fully saturated rings. The number of hydrogen-bond donors (Lipinski definition) is 0. The summed E-state index contributed by atoms with van der Waals surface area (Å²) in [4.78, 5) is 0. The summed E-state index contributed by atoms with van der Waals surface area (Å²) in [7, 11) is 1.87. The Labute approximate surface area is 121 Å². The molecule has 1 heteroatoms. The van der Waals surface area contributed by atoms with Gasteiger partial charge in [-0.15, -0.1) is 0 Å². The first-order chi connectivity index (χ1) is 8.73. The molecule has 0 aromatic carbocycles. The van der Waals surface area contributed by atoms with Crippen molar-refractivity contribution in [3.63, 3.8) is 0 Å². The monoisotopic (exact) mass is 268 g/mol. The Kier molecular flexibility index (Phi) is 5.92. The molecule has 0 saturated heterocycles. The van der Waals surface area contributed by atoms with Crippen LogP contribution in [0.3, 0.4) is 0 Å². The van der Waals surface area contributed by atoms with Gasteiger partial charge in [0.1, 0.15) is 0 Å². The maximum absolute atomic E-state index is 5.80. The molecule has 19 heavy (non-hydrogen) atoms. The Morgan fingerprint density at radius 1 is 1.32 bits per heavy atom. The third-order valence-corrected chi connectivity index (χ3v) is 6.13. The van der Waals surface area contributed by atoms with Crippen LogP contribution in [0.5, 0.6) is 0 Å². The highest BCUT2D eigenvalue weighted by atomic mass is 16.5. The van der Waals surface area contributed by atoms with E-state index in [0.717, 1.165) is 17.8 Å². The molecular weight excluding hydrogens is 232 g/mol. The van der Waals surface area contributed by atoms with E-state index in [0.29, 0.717) is 5.41 Å². The molecule has 0 heterocycles. The molecule has 1 rings (SSSR count). The van der Waals surface area contributed by atoms with Crippen LogP contribution in [0.4, 0.5) is 0 Å². The summed E-state index contributed by atoms with van der Waals surface area (Å²) in [5, 5.41) is 0. The second-order valence-corrected chi connectivity index (χ2v) is 8.00. The average Bonchev–Trinajstić information content (AvgIpc) is 2.33. The van der Waals surface area contributed by atoms with Crippen LogP contribution in [0.2, 0.25) is 0 Å².